The van der Waals surface area contributed by atoms with E-state index in [1.807, 2.05) is 30.3 Å². The van der Waals surface area contributed by atoms with Gasteiger partial charge in [0, 0.05) is 24.0 Å². The smallest absolute Gasteiger partial charge is 0.245 e. The number of nitrogens with zero attached hydrogens (tertiary/aromatic N) is 3. The highest BCUT2D eigenvalue weighted by Gasteiger charge is 2.12. The molecule has 3 aromatic rings. The molecular formula is C14H9N3OS. The summed E-state index contributed by atoms with van der Waals surface area (Å²) in [6.45, 7) is 0. The summed E-state index contributed by atoms with van der Waals surface area (Å²) in [4.78, 5) is 24.2. The van der Waals surface area contributed by atoms with E-state index >= 15 is 0 Å². The van der Waals surface area contributed by atoms with Crippen LogP contribution in [0.1, 0.15) is 10.5 Å². The summed E-state index contributed by atoms with van der Waals surface area (Å²) in [5.74, 6) is 0. The Labute approximate surface area is 113 Å². The van der Waals surface area contributed by atoms with Crippen LogP contribution >= 0.6 is 11.8 Å². The van der Waals surface area contributed by atoms with Crippen molar-refractivity contribution in [2.75, 3.05) is 0 Å². The molecule has 92 valence electrons. The van der Waals surface area contributed by atoms with Gasteiger partial charge in [-0.2, -0.15) is 0 Å². The van der Waals surface area contributed by atoms with Gasteiger partial charge in [0.1, 0.15) is 10.7 Å². The zero-order valence-electron chi connectivity index (χ0n) is 9.85. The zero-order valence-corrected chi connectivity index (χ0v) is 10.7. The molecule has 0 saturated carbocycles. The Kier molecular flexibility index (Phi) is 3.20. The summed E-state index contributed by atoms with van der Waals surface area (Å²) < 4.78 is 0. The summed E-state index contributed by atoms with van der Waals surface area (Å²) in [6.07, 6.45) is 6.21. The van der Waals surface area contributed by atoms with Crippen LogP contribution in [0.4, 0.5) is 0 Å². The number of fused-ring (bicyclic) bond motifs is 1. The summed E-state index contributed by atoms with van der Waals surface area (Å²) in [6, 6.07) is 9.76. The van der Waals surface area contributed by atoms with Gasteiger partial charge in [-0.15, -0.1) is 0 Å². The first-order valence-electron chi connectivity index (χ1n) is 5.66. The molecule has 3 rings (SSSR count). The lowest BCUT2D eigenvalue weighted by atomic mass is 10.2. The van der Waals surface area contributed by atoms with E-state index in [1.54, 1.807) is 6.20 Å². The molecule has 4 nitrogen and oxygen atoms in total. The van der Waals surface area contributed by atoms with Crippen LogP contribution in [-0.2, 0) is 0 Å². The average Bonchev–Trinajstić information content (AvgIpc) is 2.48. The Morgan fingerprint density at radius 2 is 1.89 bits per heavy atom. The van der Waals surface area contributed by atoms with E-state index in [0.29, 0.717) is 10.7 Å². The van der Waals surface area contributed by atoms with E-state index in [0.717, 1.165) is 22.5 Å². The topological polar surface area (TPSA) is 55.7 Å². The number of rotatable bonds is 2. The first-order valence-corrected chi connectivity index (χ1v) is 6.48. The highest BCUT2D eigenvalue weighted by molar-refractivity contribution is 8.14. The second-order valence-electron chi connectivity index (χ2n) is 3.82. The maximum atomic E-state index is 12.1. The molecule has 5 heteroatoms. The third-order valence-electron chi connectivity index (χ3n) is 2.60. The fourth-order valence-electron chi connectivity index (χ4n) is 1.72. The molecule has 0 atom stereocenters. The molecule has 0 spiro atoms. The van der Waals surface area contributed by atoms with Gasteiger partial charge in [-0.25, -0.2) is 9.97 Å². The lowest BCUT2D eigenvalue weighted by Gasteiger charge is -2.03. The molecule has 0 radical (unpaired) electrons. The first-order chi connectivity index (χ1) is 9.34. The van der Waals surface area contributed by atoms with Crippen LogP contribution in [0.25, 0.3) is 10.8 Å². The summed E-state index contributed by atoms with van der Waals surface area (Å²) >= 11 is 1.07. The quantitative estimate of drug-likeness (QED) is 0.668. The van der Waals surface area contributed by atoms with Gasteiger partial charge >= 0.3 is 0 Å². The molecule has 0 amide bonds. The average molecular weight is 267 g/mol. The van der Waals surface area contributed by atoms with Crippen molar-refractivity contribution in [2.45, 2.75) is 5.03 Å². The zero-order chi connectivity index (χ0) is 13.1. The van der Waals surface area contributed by atoms with Gasteiger partial charge in [0.2, 0.25) is 5.12 Å². The van der Waals surface area contributed by atoms with Crippen LogP contribution in [0.5, 0.6) is 0 Å². The Balaban J connectivity index is 1.96. The molecule has 0 unspecified atom stereocenters. The van der Waals surface area contributed by atoms with Crippen LogP contribution in [0.3, 0.4) is 0 Å². The van der Waals surface area contributed by atoms with Crippen molar-refractivity contribution in [3.8, 4) is 0 Å². The van der Waals surface area contributed by atoms with Crippen molar-refractivity contribution in [1.82, 2.24) is 15.0 Å². The monoisotopic (exact) mass is 267 g/mol. The SMILES string of the molecule is O=C(Sc1nccc2ccccc12)c1cnccn1. The van der Waals surface area contributed by atoms with E-state index in [2.05, 4.69) is 15.0 Å². The Hall–Kier alpha value is -2.27. The normalized spacial score (nSPS) is 10.5. The number of carbonyl (C=O) groups is 1. The highest BCUT2D eigenvalue weighted by Crippen LogP contribution is 2.27. The van der Waals surface area contributed by atoms with Crippen LogP contribution in [-0.4, -0.2) is 20.1 Å². The van der Waals surface area contributed by atoms with Gasteiger partial charge < -0.3 is 0 Å². The maximum absolute atomic E-state index is 12.1. The molecule has 0 N–H and O–H groups in total. The third-order valence-corrected chi connectivity index (χ3v) is 3.51. The lowest BCUT2D eigenvalue weighted by molar-refractivity contribution is 0.108. The predicted molar refractivity (Wildman–Crippen MR) is 74.0 cm³/mol. The number of thioether (sulfide) groups is 1. The van der Waals surface area contributed by atoms with Gasteiger partial charge in [-0.3, -0.25) is 9.78 Å². The van der Waals surface area contributed by atoms with E-state index in [9.17, 15) is 4.79 Å². The fraction of sp³-hybridized carbons (Fsp3) is 0. The van der Waals surface area contributed by atoms with Crippen molar-refractivity contribution < 1.29 is 4.79 Å². The molecule has 2 aromatic heterocycles. The number of pyridine rings is 1. The van der Waals surface area contributed by atoms with E-state index in [4.69, 9.17) is 0 Å². The molecule has 2 heterocycles. The van der Waals surface area contributed by atoms with Gasteiger partial charge in [-0.05, 0) is 23.2 Å². The molecule has 0 fully saturated rings. The molecule has 0 aliphatic rings. The summed E-state index contributed by atoms with van der Waals surface area (Å²) in [5, 5.41) is 2.56. The molecule has 0 aliphatic carbocycles. The standard InChI is InChI=1S/C14H9N3OS/c18-14(12-9-15-7-8-16-12)19-13-11-4-2-1-3-10(11)5-6-17-13/h1-9H. The van der Waals surface area contributed by atoms with Crippen molar-refractivity contribution in [2.24, 2.45) is 0 Å². The minimum atomic E-state index is -0.156. The van der Waals surface area contributed by atoms with Crippen molar-refractivity contribution in [3.05, 3.63) is 60.8 Å². The second kappa shape index (κ2) is 5.16. The minimum absolute atomic E-state index is 0.156. The van der Waals surface area contributed by atoms with Crippen LogP contribution in [0.15, 0.2) is 60.1 Å². The van der Waals surface area contributed by atoms with E-state index < -0.39 is 0 Å². The van der Waals surface area contributed by atoms with Crippen LogP contribution in [0.2, 0.25) is 0 Å². The Bertz CT molecular complexity index is 726. The lowest BCUT2D eigenvalue weighted by Crippen LogP contribution is -1.98. The molecule has 0 aliphatic heterocycles. The van der Waals surface area contributed by atoms with Gasteiger partial charge in [0.05, 0.1) is 6.20 Å². The molecule has 1 aromatic carbocycles. The second-order valence-corrected chi connectivity index (χ2v) is 4.78. The Morgan fingerprint density at radius 3 is 2.74 bits per heavy atom. The van der Waals surface area contributed by atoms with Gasteiger partial charge in [-0.1, -0.05) is 24.3 Å². The molecule has 19 heavy (non-hydrogen) atoms. The molecular weight excluding hydrogens is 258 g/mol. The van der Waals surface area contributed by atoms with Gasteiger partial charge in [0.25, 0.3) is 0 Å². The van der Waals surface area contributed by atoms with Crippen LogP contribution in [0, 0.1) is 0 Å². The van der Waals surface area contributed by atoms with E-state index in [1.165, 1.54) is 18.6 Å². The number of hydrogen-bond acceptors (Lipinski definition) is 5. The van der Waals surface area contributed by atoms with Crippen molar-refractivity contribution in [3.63, 3.8) is 0 Å². The van der Waals surface area contributed by atoms with Crippen molar-refractivity contribution in [1.29, 1.82) is 0 Å². The Morgan fingerprint density at radius 1 is 1.00 bits per heavy atom. The molecule has 0 saturated heterocycles. The minimum Gasteiger partial charge on any atom is -0.279 e. The number of benzene rings is 1. The maximum Gasteiger partial charge on any atom is 0.245 e. The third kappa shape index (κ3) is 2.46. The largest absolute Gasteiger partial charge is 0.279 e. The summed E-state index contributed by atoms with van der Waals surface area (Å²) in [7, 11) is 0. The number of carbonyl (C=O) groups excluding carboxylic acids is 1. The highest BCUT2D eigenvalue weighted by atomic mass is 32.2. The van der Waals surface area contributed by atoms with Gasteiger partial charge in [0.15, 0.2) is 0 Å². The number of hydrogen-bond donors (Lipinski definition) is 0. The first kappa shape index (κ1) is 11.8. The summed E-state index contributed by atoms with van der Waals surface area (Å²) in [5.41, 5.74) is 0.335. The molecule has 0 bridgehead atoms. The van der Waals surface area contributed by atoms with Crippen molar-refractivity contribution >= 4 is 27.6 Å². The number of aromatic nitrogens is 3. The predicted octanol–water partition coefficient (Wildman–Crippen LogP) is 2.96. The van der Waals surface area contributed by atoms with E-state index in [-0.39, 0.29) is 5.12 Å². The fourth-order valence-corrected chi connectivity index (χ4v) is 2.51. The van der Waals surface area contributed by atoms with Crippen LogP contribution < -0.4 is 0 Å².